The van der Waals surface area contributed by atoms with Crippen LogP contribution in [-0.2, 0) is 15.0 Å². The maximum absolute atomic E-state index is 11.6. The zero-order chi connectivity index (χ0) is 26.9. The van der Waals surface area contributed by atoms with E-state index in [2.05, 4.69) is 15.5 Å². The summed E-state index contributed by atoms with van der Waals surface area (Å²) < 4.78 is 34.2. The van der Waals surface area contributed by atoms with Gasteiger partial charge in [0.1, 0.15) is 16.9 Å². The summed E-state index contributed by atoms with van der Waals surface area (Å²) in [6.45, 7) is 6.27. The molecule has 1 amide bonds. The van der Waals surface area contributed by atoms with Crippen LogP contribution in [0.1, 0.15) is 33.0 Å². The average molecular weight is 524 g/mol. The van der Waals surface area contributed by atoms with Gasteiger partial charge in [0.05, 0.1) is 26.9 Å². The number of benzene rings is 2. The molecule has 1 aliphatic rings. The molecule has 11 heteroatoms. The Morgan fingerprint density at radius 1 is 1.08 bits per heavy atom. The Labute approximate surface area is 218 Å². The topological polar surface area (TPSA) is 138 Å². The molecule has 0 radical (unpaired) electrons. The summed E-state index contributed by atoms with van der Waals surface area (Å²) in [7, 11) is 1.58. The summed E-state index contributed by atoms with van der Waals surface area (Å²) in [4.78, 5) is 16.1. The molecule has 0 unspecified atom stereocenters. The van der Waals surface area contributed by atoms with Gasteiger partial charge in [-0.25, -0.2) is 4.79 Å². The van der Waals surface area contributed by atoms with E-state index in [-0.39, 0.29) is 13.2 Å². The van der Waals surface area contributed by atoms with Crippen LogP contribution >= 0.6 is 0 Å². The summed E-state index contributed by atoms with van der Waals surface area (Å²) in [5.74, 6) is 1.49. The van der Waals surface area contributed by atoms with Crippen molar-refractivity contribution in [3.8, 4) is 34.3 Å². The highest BCUT2D eigenvalue weighted by Gasteiger charge is 2.45. The van der Waals surface area contributed by atoms with Gasteiger partial charge in [-0.2, -0.15) is 4.98 Å². The Hall–Kier alpha value is -4.09. The van der Waals surface area contributed by atoms with Crippen molar-refractivity contribution in [1.82, 2.24) is 15.5 Å². The van der Waals surface area contributed by atoms with Gasteiger partial charge < -0.3 is 38.3 Å². The standard InChI is InChI=1S/C27H29N3O8/c1-5-10-34-20-9-7-17(12-21(20)33-4)24-28-23(30-38-24)16-6-8-19-18(11-16)13-22(37-19)27(29-25(31)32)14-35-26(2,3)36-15-27/h6-9,11-13,29H,5,10,14-15H2,1-4H3,(H,31,32). The second-order valence-electron chi connectivity index (χ2n) is 9.49. The van der Waals surface area contributed by atoms with E-state index < -0.39 is 17.4 Å². The number of fused-ring (bicyclic) bond motifs is 1. The van der Waals surface area contributed by atoms with E-state index in [0.29, 0.717) is 52.3 Å². The summed E-state index contributed by atoms with van der Waals surface area (Å²) in [6.07, 6.45) is -0.323. The number of amides is 1. The number of nitrogens with one attached hydrogen (secondary N) is 1. The molecule has 38 heavy (non-hydrogen) atoms. The first-order chi connectivity index (χ1) is 18.2. The van der Waals surface area contributed by atoms with E-state index in [0.717, 1.165) is 11.8 Å². The molecule has 1 aliphatic heterocycles. The summed E-state index contributed by atoms with van der Waals surface area (Å²) in [5.41, 5.74) is 0.771. The minimum Gasteiger partial charge on any atom is -0.493 e. The molecule has 2 aromatic heterocycles. The number of ether oxygens (including phenoxy) is 4. The average Bonchev–Trinajstić information content (AvgIpc) is 3.56. The van der Waals surface area contributed by atoms with E-state index >= 15 is 0 Å². The number of hydrogen-bond donors (Lipinski definition) is 2. The molecule has 5 rings (SSSR count). The highest BCUT2D eigenvalue weighted by atomic mass is 16.7. The predicted octanol–water partition coefficient (Wildman–Crippen LogP) is 5.19. The number of methoxy groups -OCH3 is 1. The fourth-order valence-electron chi connectivity index (χ4n) is 4.17. The first kappa shape index (κ1) is 25.6. The van der Waals surface area contributed by atoms with Crippen LogP contribution in [0.3, 0.4) is 0 Å². The first-order valence-electron chi connectivity index (χ1n) is 12.2. The van der Waals surface area contributed by atoms with Gasteiger partial charge in [0.2, 0.25) is 5.82 Å². The highest BCUT2D eigenvalue weighted by molar-refractivity contribution is 5.83. The van der Waals surface area contributed by atoms with Crippen molar-refractivity contribution < 1.29 is 37.8 Å². The van der Waals surface area contributed by atoms with Crippen molar-refractivity contribution in [2.45, 2.75) is 38.5 Å². The minimum absolute atomic E-state index is 0.0545. The Morgan fingerprint density at radius 3 is 2.55 bits per heavy atom. The smallest absolute Gasteiger partial charge is 0.405 e. The molecule has 0 spiro atoms. The Balaban J connectivity index is 1.43. The number of hydrogen-bond acceptors (Lipinski definition) is 9. The molecule has 200 valence electrons. The fourth-order valence-corrected chi connectivity index (χ4v) is 4.17. The van der Waals surface area contributed by atoms with Crippen molar-refractivity contribution in [2.24, 2.45) is 0 Å². The predicted molar refractivity (Wildman–Crippen MR) is 136 cm³/mol. The zero-order valence-corrected chi connectivity index (χ0v) is 21.6. The van der Waals surface area contributed by atoms with E-state index in [1.165, 1.54) is 0 Å². The Kier molecular flexibility index (Phi) is 6.72. The number of carbonyl (C=O) groups is 1. The van der Waals surface area contributed by atoms with Gasteiger partial charge in [0, 0.05) is 16.5 Å². The van der Waals surface area contributed by atoms with Crippen LogP contribution in [0, 0.1) is 0 Å². The van der Waals surface area contributed by atoms with E-state index in [4.69, 9.17) is 27.9 Å². The monoisotopic (exact) mass is 523 g/mol. The van der Waals surface area contributed by atoms with Gasteiger partial charge in [0.25, 0.3) is 5.89 Å². The molecule has 1 fully saturated rings. The molecule has 0 saturated carbocycles. The molecular weight excluding hydrogens is 494 g/mol. The molecule has 0 aliphatic carbocycles. The van der Waals surface area contributed by atoms with Crippen molar-refractivity contribution in [3.05, 3.63) is 48.2 Å². The van der Waals surface area contributed by atoms with Crippen LogP contribution in [0.2, 0.25) is 0 Å². The Bertz CT molecular complexity index is 1450. The SMILES string of the molecule is CCCOc1ccc(-c2nc(-c3ccc4oc(C5(NC(=O)O)COC(C)(C)OC5)cc4c3)no2)cc1OC. The zero-order valence-electron chi connectivity index (χ0n) is 21.6. The lowest BCUT2D eigenvalue weighted by Crippen LogP contribution is -2.58. The number of nitrogens with zero attached hydrogens (tertiary/aromatic N) is 2. The molecule has 4 aromatic rings. The van der Waals surface area contributed by atoms with Gasteiger partial charge in [-0.05, 0) is 62.7 Å². The molecule has 2 N–H and O–H groups in total. The number of furan rings is 1. The van der Waals surface area contributed by atoms with Crippen LogP contribution in [0.25, 0.3) is 33.8 Å². The van der Waals surface area contributed by atoms with Gasteiger partial charge in [-0.15, -0.1) is 0 Å². The number of aromatic nitrogens is 2. The minimum atomic E-state index is -1.21. The van der Waals surface area contributed by atoms with Gasteiger partial charge in [-0.1, -0.05) is 12.1 Å². The van der Waals surface area contributed by atoms with E-state index in [1.807, 2.05) is 25.1 Å². The van der Waals surface area contributed by atoms with Crippen molar-refractivity contribution >= 4 is 17.1 Å². The fraction of sp³-hybridized carbons (Fsp3) is 0.370. The number of rotatable bonds is 8. The van der Waals surface area contributed by atoms with Crippen LogP contribution in [0.15, 0.2) is 51.4 Å². The van der Waals surface area contributed by atoms with Crippen LogP contribution in [-0.4, -0.2) is 54.1 Å². The number of carboxylic acid groups (broad SMARTS) is 1. The van der Waals surface area contributed by atoms with Gasteiger partial charge in [-0.3, -0.25) is 0 Å². The third-order valence-electron chi connectivity index (χ3n) is 6.22. The normalized spacial score (nSPS) is 16.3. The maximum Gasteiger partial charge on any atom is 0.405 e. The Morgan fingerprint density at radius 2 is 1.84 bits per heavy atom. The van der Waals surface area contributed by atoms with Crippen LogP contribution < -0.4 is 14.8 Å². The molecule has 11 nitrogen and oxygen atoms in total. The van der Waals surface area contributed by atoms with Crippen LogP contribution in [0.4, 0.5) is 4.79 Å². The molecule has 0 bridgehead atoms. The van der Waals surface area contributed by atoms with Crippen molar-refractivity contribution in [3.63, 3.8) is 0 Å². The molecule has 0 atom stereocenters. The molecular formula is C27H29N3O8. The van der Waals surface area contributed by atoms with Gasteiger partial charge >= 0.3 is 6.09 Å². The quantitative estimate of drug-likeness (QED) is 0.317. The van der Waals surface area contributed by atoms with Crippen molar-refractivity contribution in [1.29, 1.82) is 0 Å². The van der Waals surface area contributed by atoms with Gasteiger partial charge in [0.15, 0.2) is 17.3 Å². The highest BCUT2D eigenvalue weighted by Crippen LogP contribution is 2.36. The largest absolute Gasteiger partial charge is 0.493 e. The molecule has 1 saturated heterocycles. The lowest BCUT2D eigenvalue weighted by molar-refractivity contribution is -0.274. The van der Waals surface area contributed by atoms with Crippen LogP contribution in [0.5, 0.6) is 11.5 Å². The second kappa shape index (κ2) is 9.99. The molecule has 3 heterocycles. The summed E-state index contributed by atoms with van der Waals surface area (Å²) in [5, 5.41) is 16.9. The lowest BCUT2D eigenvalue weighted by atomic mass is 9.96. The lowest BCUT2D eigenvalue weighted by Gasteiger charge is -2.41. The molecule has 2 aromatic carbocycles. The third kappa shape index (κ3) is 5.02. The van der Waals surface area contributed by atoms with Crippen molar-refractivity contribution in [2.75, 3.05) is 26.9 Å². The second-order valence-corrected chi connectivity index (χ2v) is 9.49. The summed E-state index contributed by atoms with van der Waals surface area (Å²) in [6, 6.07) is 12.6. The summed E-state index contributed by atoms with van der Waals surface area (Å²) >= 11 is 0. The first-order valence-corrected chi connectivity index (χ1v) is 12.2. The van der Waals surface area contributed by atoms with E-state index in [9.17, 15) is 9.90 Å². The third-order valence-corrected chi connectivity index (χ3v) is 6.22. The van der Waals surface area contributed by atoms with E-state index in [1.54, 1.807) is 45.2 Å². The maximum atomic E-state index is 11.6.